The van der Waals surface area contributed by atoms with Crippen molar-refractivity contribution in [2.24, 2.45) is 0 Å². The SMILES string of the molecule is CCC(Nc1cnn(CCOC)c(=O)c1Br)c1cccs1. The van der Waals surface area contributed by atoms with E-state index in [1.54, 1.807) is 24.6 Å². The van der Waals surface area contributed by atoms with Crippen LogP contribution in [0.4, 0.5) is 5.69 Å². The molecule has 2 aromatic rings. The molecular formula is C14H18BrN3O2S. The monoisotopic (exact) mass is 371 g/mol. The van der Waals surface area contributed by atoms with Gasteiger partial charge in [0.1, 0.15) is 4.47 Å². The van der Waals surface area contributed by atoms with Gasteiger partial charge in [0.15, 0.2) is 0 Å². The number of anilines is 1. The maximum Gasteiger partial charge on any atom is 0.283 e. The minimum Gasteiger partial charge on any atom is -0.383 e. The van der Waals surface area contributed by atoms with Gasteiger partial charge < -0.3 is 10.1 Å². The highest BCUT2D eigenvalue weighted by Crippen LogP contribution is 2.28. The molecule has 2 heterocycles. The number of methoxy groups -OCH3 is 1. The molecule has 5 nitrogen and oxygen atoms in total. The van der Waals surface area contributed by atoms with Gasteiger partial charge in [-0.1, -0.05) is 13.0 Å². The van der Waals surface area contributed by atoms with Crippen LogP contribution >= 0.6 is 27.3 Å². The summed E-state index contributed by atoms with van der Waals surface area (Å²) < 4.78 is 6.87. The maximum absolute atomic E-state index is 12.2. The van der Waals surface area contributed by atoms with Crippen molar-refractivity contribution >= 4 is 33.0 Å². The third kappa shape index (κ3) is 3.93. The Morgan fingerprint density at radius 2 is 2.38 bits per heavy atom. The van der Waals surface area contributed by atoms with Gasteiger partial charge in [-0.05, 0) is 33.8 Å². The van der Waals surface area contributed by atoms with E-state index in [0.29, 0.717) is 23.3 Å². The van der Waals surface area contributed by atoms with Gasteiger partial charge >= 0.3 is 0 Å². The van der Waals surface area contributed by atoms with Crippen molar-refractivity contribution in [1.82, 2.24) is 9.78 Å². The Morgan fingerprint density at radius 3 is 3.00 bits per heavy atom. The predicted octanol–water partition coefficient (Wildman–Crippen LogP) is 3.28. The van der Waals surface area contributed by atoms with Crippen LogP contribution in [0.2, 0.25) is 0 Å². The molecule has 0 aliphatic heterocycles. The molecule has 0 amide bonds. The quantitative estimate of drug-likeness (QED) is 0.811. The van der Waals surface area contributed by atoms with Crippen LogP contribution in [0.3, 0.4) is 0 Å². The van der Waals surface area contributed by atoms with E-state index >= 15 is 0 Å². The highest BCUT2D eigenvalue weighted by atomic mass is 79.9. The largest absolute Gasteiger partial charge is 0.383 e. The maximum atomic E-state index is 12.2. The number of hydrogen-bond acceptors (Lipinski definition) is 5. The molecular weight excluding hydrogens is 354 g/mol. The van der Waals surface area contributed by atoms with Gasteiger partial charge in [-0.2, -0.15) is 5.10 Å². The lowest BCUT2D eigenvalue weighted by molar-refractivity contribution is 0.181. The Bertz CT molecular complexity index is 628. The van der Waals surface area contributed by atoms with Gasteiger partial charge in [-0.3, -0.25) is 4.79 Å². The van der Waals surface area contributed by atoms with Gasteiger partial charge in [0, 0.05) is 12.0 Å². The number of nitrogens with one attached hydrogen (secondary N) is 1. The number of hydrogen-bond donors (Lipinski definition) is 1. The molecule has 0 saturated carbocycles. The van der Waals surface area contributed by atoms with E-state index < -0.39 is 0 Å². The summed E-state index contributed by atoms with van der Waals surface area (Å²) in [7, 11) is 1.60. The average Bonchev–Trinajstić information content (AvgIpc) is 3.02. The second kappa shape index (κ2) is 7.72. The fourth-order valence-corrected chi connectivity index (χ4v) is 3.24. The Labute approximate surface area is 136 Å². The third-order valence-corrected chi connectivity index (χ3v) is 4.87. The summed E-state index contributed by atoms with van der Waals surface area (Å²) >= 11 is 5.07. The van der Waals surface area contributed by atoms with Crippen LogP contribution in [-0.4, -0.2) is 23.5 Å². The van der Waals surface area contributed by atoms with Gasteiger partial charge in [0.05, 0.1) is 31.1 Å². The van der Waals surface area contributed by atoms with E-state index in [9.17, 15) is 4.79 Å². The minimum absolute atomic E-state index is 0.155. The molecule has 0 aromatic carbocycles. The van der Waals surface area contributed by atoms with Crippen LogP contribution in [-0.2, 0) is 11.3 Å². The molecule has 7 heteroatoms. The molecule has 21 heavy (non-hydrogen) atoms. The lowest BCUT2D eigenvalue weighted by Crippen LogP contribution is -2.26. The molecule has 0 aliphatic carbocycles. The van der Waals surface area contributed by atoms with Crippen molar-refractivity contribution < 1.29 is 4.74 Å². The summed E-state index contributed by atoms with van der Waals surface area (Å²) in [5.41, 5.74) is 0.562. The molecule has 0 bridgehead atoms. The molecule has 1 unspecified atom stereocenters. The molecule has 1 N–H and O–H groups in total. The van der Waals surface area contributed by atoms with Crippen molar-refractivity contribution in [1.29, 1.82) is 0 Å². The number of thiophene rings is 1. The molecule has 0 spiro atoms. The van der Waals surface area contributed by atoms with E-state index in [2.05, 4.69) is 44.7 Å². The molecule has 2 aromatic heterocycles. The summed E-state index contributed by atoms with van der Waals surface area (Å²) in [6.07, 6.45) is 2.61. The molecule has 114 valence electrons. The summed E-state index contributed by atoms with van der Waals surface area (Å²) in [6.45, 7) is 3.01. The average molecular weight is 372 g/mol. The fraction of sp³-hybridized carbons (Fsp3) is 0.429. The first-order chi connectivity index (χ1) is 10.2. The zero-order valence-electron chi connectivity index (χ0n) is 12.0. The molecule has 0 saturated heterocycles. The van der Waals surface area contributed by atoms with E-state index in [0.717, 1.165) is 6.42 Å². The number of ether oxygens (including phenoxy) is 1. The minimum atomic E-state index is -0.155. The number of nitrogens with zero attached hydrogens (tertiary/aromatic N) is 2. The van der Waals surface area contributed by atoms with E-state index in [1.807, 2.05) is 6.07 Å². The Kier molecular flexibility index (Phi) is 5.96. The summed E-state index contributed by atoms with van der Waals surface area (Å²) in [5, 5.41) is 9.61. The number of aromatic nitrogens is 2. The van der Waals surface area contributed by atoms with Crippen molar-refractivity contribution in [2.45, 2.75) is 25.9 Å². The van der Waals surface area contributed by atoms with Crippen LogP contribution in [0.15, 0.2) is 33.0 Å². The van der Waals surface area contributed by atoms with Gasteiger partial charge in [-0.25, -0.2) is 4.68 Å². The summed E-state index contributed by atoms with van der Waals surface area (Å²) in [6, 6.07) is 4.30. The molecule has 2 rings (SSSR count). The zero-order valence-corrected chi connectivity index (χ0v) is 14.4. The van der Waals surface area contributed by atoms with E-state index in [-0.39, 0.29) is 11.6 Å². The van der Waals surface area contributed by atoms with Crippen LogP contribution in [0.5, 0.6) is 0 Å². The van der Waals surface area contributed by atoms with Gasteiger partial charge in [0.2, 0.25) is 0 Å². The molecule has 0 radical (unpaired) electrons. The Balaban J connectivity index is 2.20. The summed E-state index contributed by atoms with van der Waals surface area (Å²) in [5.74, 6) is 0. The van der Waals surface area contributed by atoms with Crippen molar-refractivity contribution in [3.8, 4) is 0 Å². The Morgan fingerprint density at radius 1 is 1.57 bits per heavy atom. The predicted molar refractivity (Wildman–Crippen MR) is 89.0 cm³/mol. The smallest absolute Gasteiger partial charge is 0.283 e. The first-order valence-electron chi connectivity index (χ1n) is 6.71. The third-order valence-electron chi connectivity index (χ3n) is 3.12. The number of halogens is 1. The standard InChI is InChI=1S/C14H18BrN3O2S/c1-3-10(12-5-4-8-21-12)17-11-9-16-18(6-7-20-2)14(19)13(11)15/h4-5,8-10,17H,3,6-7H2,1-2H3. The van der Waals surface area contributed by atoms with E-state index in [1.165, 1.54) is 9.56 Å². The van der Waals surface area contributed by atoms with Crippen LogP contribution in [0.1, 0.15) is 24.3 Å². The lowest BCUT2D eigenvalue weighted by Gasteiger charge is -2.18. The molecule has 0 aliphatic rings. The topological polar surface area (TPSA) is 56.1 Å². The second-order valence-corrected chi connectivity index (χ2v) is 6.29. The highest BCUT2D eigenvalue weighted by molar-refractivity contribution is 9.10. The highest BCUT2D eigenvalue weighted by Gasteiger charge is 2.14. The second-order valence-electron chi connectivity index (χ2n) is 4.51. The van der Waals surface area contributed by atoms with Crippen LogP contribution in [0.25, 0.3) is 0 Å². The summed E-state index contributed by atoms with van der Waals surface area (Å²) in [4.78, 5) is 13.5. The van der Waals surface area contributed by atoms with Crippen LogP contribution in [0, 0.1) is 0 Å². The van der Waals surface area contributed by atoms with Crippen molar-refractivity contribution in [3.63, 3.8) is 0 Å². The van der Waals surface area contributed by atoms with Crippen molar-refractivity contribution in [3.05, 3.63) is 43.4 Å². The Hall–Kier alpha value is -1.18. The lowest BCUT2D eigenvalue weighted by atomic mass is 10.2. The van der Waals surface area contributed by atoms with E-state index in [4.69, 9.17) is 4.74 Å². The normalized spacial score (nSPS) is 12.3. The first-order valence-corrected chi connectivity index (χ1v) is 8.39. The number of rotatable bonds is 7. The van der Waals surface area contributed by atoms with Gasteiger partial charge in [-0.15, -0.1) is 11.3 Å². The first kappa shape index (κ1) is 16.2. The molecule has 0 fully saturated rings. The van der Waals surface area contributed by atoms with Crippen molar-refractivity contribution in [2.75, 3.05) is 19.0 Å². The van der Waals surface area contributed by atoms with Gasteiger partial charge in [0.25, 0.3) is 5.56 Å². The molecule has 1 atom stereocenters. The zero-order chi connectivity index (χ0) is 15.2. The van der Waals surface area contributed by atoms with Crippen LogP contribution < -0.4 is 10.9 Å². The fourth-order valence-electron chi connectivity index (χ4n) is 1.95.